The molecule has 4 nitrogen and oxygen atoms in total. The van der Waals surface area contributed by atoms with Crippen LogP contribution in [0.5, 0.6) is 17.2 Å². The van der Waals surface area contributed by atoms with E-state index in [4.69, 9.17) is 9.47 Å². The van der Waals surface area contributed by atoms with Crippen molar-refractivity contribution < 1.29 is 14.3 Å². The van der Waals surface area contributed by atoms with Crippen LogP contribution in [0.25, 0.3) is 10.8 Å². The highest BCUT2D eigenvalue weighted by molar-refractivity contribution is 6.08. The zero-order valence-corrected chi connectivity index (χ0v) is 15.4. The summed E-state index contributed by atoms with van der Waals surface area (Å²) >= 11 is 0. The van der Waals surface area contributed by atoms with E-state index in [1.165, 1.54) is 0 Å². The van der Waals surface area contributed by atoms with Crippen LogP contribution in [0.2, 0.25) is 0 Å². The molecular weight excluding hydrogens is 350 g/mol. The summed E-state index contributed by atoms with van der Waals surface area (Å²) in [5, 5.41) is 4.93. The average molecular weight is 369 g/mol. The summed E-state index contributed by atoms with van der Waals surface area (Å²) in [5.41, 5.74) is 1.13. The van der Waals surface area contributed by atoms with Gasteiger partial charge in [-0.05, 0) is 47.2 Å². The molecule has 0 heterocycles. The van der Waals surface area contributed by atoms with Crippen molar-refractivity contribution >= 4 is 22.4 Å². The fourth-order valence-electron chi connectivity index (χ4n) is 3.03. The normalized spacial score (nSPS) is 10.5. The van der Waals surface area contributed by atoms with E-state index in [1.807, 2.05) is 84.9 Å². The number of rotatable bonds is 5. The molecule has 0 aliphatic rings. The fraction of sp³-hybridized carbons (Fsp3) is 0.0417. The minimum Gasteiger partial charge on any atom is -0.496 e. The van der Waals surface area contributed by atoms with Crippen LogP contribution < -0.4 is 14.8 Å². The Bertz CT molecular complexity index is 1120. The highest BCUT2D eigenvalue weighted by Crippen LogP contribution is 2.28. The van der Waals surface area contributed by atoms with E-state index >= 15 is 0 Å². The number of fused-ring (bicyclic) bond motifs is 1. The lowest BCUT2D eigenvalue weighted by molar-refractivity contribution is 0.102. The van der Waals surface area contributed by atoms with Gasteiger partial charge >= 0.3 is 0 Å². The molecule has 1 amide bonds. The summed E-state index contributed by atoms with van der Waals surface area (Å²) in [5.74, 6) is 1.68. The third kappa shape index (κ3) is 3.81. The van der Waals surface area contributed by atoms with Crippen LogP contribution in [0.4, 0.5) is 5.69 Å². The molecule has 0 aromatic heterocycles. The van der Waals surface area contributed by atoms with Gasteiger partial charge in [0.1, 0.15) is 17.2 Å². The second-order valence-corrected chi connectivity index (χ2v) is 6.30. The SMILES string of the molecule is COc1cc2ccccc2cc1C(=O)Nc1cccc(Oc2ccccc2)c1. The first-order chi connectivity index (χ1) is 13.7. The largest absolute Gasteiger partial charge is 0.496 e. The van der Waals surface area contributed by atoms with Crippen molar-refractivity contribution in [3.63, 3.8) is 0 Å². The van der Waals surface area contributed by atoms with Gasteiger partial charge in [0, 0.05) is 11.8 Å². The van der Waals surface area contributed by atoms with Crippen LogP contribution in [-0.4, -0.2) is 13.0 Å². The second kappa shape index (κ2) is 7.84. The Morgan fingerprint density at radius 1 is 0.750 bits per heavy atom. The Balaban J connectivity index is 1.58. The molecule has 0 bridgehead atoms. The lowest BCUT2D eigenvalue weighted by Gasteiger charge is -2.12. The molecule has 4 heteroatoms. The summed E-state index contributed by atoms with van der Waals surface area (Å²) in [6.45, 7) is 0. The van der Waals surface area contributed by atoms with Crippen LogP contribution in [0.1, 0.15) is 10.4 Å². The third-order valence-corrected chi connectivity index (χ3v) is 4.38. The van der Waals surface area contributed by atoms with Crippen LogP contribution >= 0.6 is 0 Å². The van der Waals surface area contributed by atoms with Crippen LogP contribution in [-0.2, 0) is 0 Å². The van der Waals surface area contributed by atoms with E-state index in [0.29, 0.717) is 22.7 Å². The number of carbonyl (C=O) groups is 1. The molecule has 4 aromatic carbocycles. The van der Waals surface area contributed by atoms with Crippen LogP contribution in [0.3, 0.4) is 0 Å². The number of amides is 1. The van der Waals surface area contributed by atoms with E-state index in [2.05, 4.69) is 5.32 Å². The molecule has 1 N–H and O–H groups in total. The first-order valence-corrected chi connectivity index (χ1v) is 8.94. The van der Waals surface area contributed by atoms with Gasteiger partial charge in [0.25, 0.3) is 5.91 Å². The minimum atomic E-state index is -0.237. The van der Waals surface area contributed by atoms with Crippen molar-refractivity contribution in [2.24, 2.45) is 0 Å². The van der Waals surface area contributed by atoms with Gasteiger partial charge in [0.05, 0.1) is 12.7 Å². The van der Waals surface area contributed by atoms with E-state index in [9.17, 15) is 4.79 Å². The summed E-state index contributed by atoms with van der Waals surface area (Å²) in [7, 11) is 1.56. The van der Waals surface area contributed by atoms with Gasteiger partial charge in [-0.2, -0.15) is 0 Å². The molecule has 0 unspecified atom stereocenters. The van der Waals surface area contributed by atoms with Crippen molar-refractivity contribution in [2.75, 3.05) is 12.4 Å². The number of hydrogen-bond donors (Lipinski definition) is 1. The summed E-state index contributed by atoms with van der Waals surface area (Å²) in [6.07, 6.45) is 0. The predicted octanol–water partition coefficient (Wildman–Crippen LogP) is 5.89. The first-order valence-electron chi connectivity index (χ1n) is 8.94. The Labute approximate surface area is 163 Å². The topological polar surface area (TPSA) is 47.6 Å². The average Bonchev–Trinajstić information content (AvgIpc) is 2.73. The zero-order chi connectivity index (χ0) is 19.3. The number of nitrogens with one attached hydrogen (secondary N) is 1. The Kier molecular flexibility index (Phi) is 4.93. The molecule has 0 atom stereocenters. The maximum absolute atomic E-state index is 12.9. The Hall–Kier alpha value is -3.79. The molecule has 28 heavy (non-hydrogen) atoms. The molecule has 0 saturated heterocycles. The summed E-state index contributed by atoms with van der Waals surface area (Å²) < 4.78 is 11.3. The number of hydrogen-bond acceptors (Lipinski definition) is 3. The molecule has 4 aromatic rings. The maximum atomic E-state index is 12.9. The lowest BCUT2D eigenvalue weighted by atomic mass is 10.1. The number of para-hydroxylation sites is 1. The van der Waals surface area contributed by atoms with Crippen LogP contribution in [0.15, 0.2) is 91.0 Å². The predicted molar refractivity (Wildman–Crippen MR) is 111 cm³/mol. The number of benzene rings is 4. The summed E-state index contributed by atoms with van der Waals surface area (Å²) in [4.78, 5) is 12.9. The van der Waals surface area contributed by atoms with E-state index < -0.39 is 0 Å². The van der Waals surface area contributed by atoms with Gasteiger partial charge in [-0.3, -0.25) is 4.79 Å². The van der Waals surface area contributed by atoms with Crippen molar-refractivity contribution in [1.82, 2.24) is 0 Å². The molecular formula is C24H19NO3. The van der Waals surface area contributed by atoms with Gasteiger partial charge in [-0.15, -0.1) is 0 Å². The summed E-state index contributed by atoms with van der Waals surface area (Å²) in [6, 6.07) is 28.4. The zero-order valence-electron chi connectivity index (χ0n) is 15.4. The van der Waals surface area contributed by atoms with E-state index in [-0.39, 0.29) is 5.91 Å². The smallest absolute Gasteiger partial charge is 0.259 e. The second-order valence-electron chi connectivity index (χ2n) is 6.30. The van der Waals surface area contributed by atoms with Crippen molar-refractivity contribution in [3.05, 3.63) is 96.6 Å². The van der Waals surface area contributed by atoms with Crippen molar-refractivity contribution in [2.45, 2.75) is 0 Å². The van der Waals surface area contributed by atoms with Crippen molar-refractivity contribution in [3.8, 4) is 17.2 Å². The Morgan fingerprint density at radius 3 is 2.18 bits per heavy atom. The molecule has 0 radical (unpaired) electrons. The van der Waals surface area contributed by atoms with Gasteiger partial charge in [-0.25, -0.2) is 0 Å². The number of anilines is 1. The number of ether oxygens (including phenoxy) is 2. The van der Waals surface area contributed by atoms with E-state index in [0.717, 1.165) is 16.5 Å². The maximum Gasteiger partial charge on any atom is 0.259 e. The molecule has 0 fully saturated rings. The molecule has 0 spiro atoms. The van der Waals surface area contributed by atoms with Gasteiger partial charge in [0.2, 0.25) is 0 Å². The molecule has 4 rings (SSSR count). The molecule has 0 aliphatic carbocycles. The monoisotopic (exact) mass is 369 g/mol. The highest BCUT2D eigenvalue weighted by Gasteiger charge is 2.14. The highest BCUT2D eigenvalue weighted by atomic mass is 16.5. The van der Waals surface area contributed by atoms with Gasteiger partial charge in [0.15, 0.2) is 0 Å². The van der Waals surface area contributed by atoms with Crippen LogP contribution in [0, 0.1) is 0 Å². The first kappa shape index (κ1) is 17.6. The van der Waals surface area contributed by atoms with Crippen molar-refractivity contribution in [1.29, 1.82) is 0 Å². The van der Waals surface area contributed by atoms with Gasteiger partial charge in [-0.1, -0.05) is 48.5 Å². The third-order valence-electron chi connectivity index (χ3n) is 4.38. The minimum absolute atomic E-state index is 0.237. The lowest BCUT2D eigenvalue weighted by Crippen LogP contribution is -2.13. The molecule has 138 valence electrons. The standard InChI is InChI=1S/C24H19NO3/c1-27-23-15-18-9-6-5-8-17(18)14-22(23)24(26)25-19-10-7-13-21(16-19)28-20-11-3-2-4-12-20/h2-16H,1H3,(H,25,26). The Morgan fingerprint density at radius 2 is 1.43 bits per heavy atom. The quantitative estimate of drug-likeness (QED) is 0.477. The van der Waals surface area contributed by atoms with E-state index in [1.54, 1.807) is 13.2 Å². The van der Waals surface area contributed by atoms with Gasteiger partial charge < -0.3 is 14.8 Å². The number of carbonyl (C=O) groups excluding carboxylic acids is 1. The fourth-order valence-corrected chi connectivity index (χ4v) is 3.03. The number of methoxy groups -OCH3 is 1. The molecule has 0 saturated carbocycles. The molecule has 0 aliphatic heterocycles.